The molecule has 1 atom stereocenters. The smallest absolute Gasteiger partial charge is 0.266 e. The van der Waals surface area contributed by atoms with E-state index in [1.807, 2.05) is 0 Å². The molecule has 4 rings (SSSR count). The van der Waals surface area contributed by atoms with Crippen molar-refractivity contribution in [2.24, 2.45) is 7.05 Å². The molecule has 9 heteroatoms. The van der Waals surface area contributed by atoms with Crippen LogP contribution >= 0.6 is 0 Å². The summed E-state index contributed by atoms with van der Waals surface area (Å²) >= 11 is 0. The first-order valence-electron chi connectivity index (χ1n) is 9.01. The van der Waals surface area contributed by atoms with Crippen molar-refractivity contribution in [3.8, 4) is 0 Å². The molecular weight excluding hydrogens is 346 g/mol. The van der Waals surface area contributed by atoms with Gasteiger partial charge in [0, 0.05) is 37.8 Å². The molecule has 27 heavy (non-hydrogen) atoms. The molecule has 1 fully saturated rings. The Balaban J connectivity index is 1.47. The monoisotopic (exact) mass is 367 g/mol. The van der Waals surface area contributed by atoms with E-state index < -0.39 is 0 Å². The summed E-state index contributed by atoms with van der Waals surface area (Å²) in [6.45, 7) is 1.37. The van der Waals surface area contributed by atoms with Gasteiger partial charge in [0.25, 0.3) is 11.5 Å². The van der Waals surface area contributed by atoms with Gasteiger partial charge in [0.05, 0.1) is 0 Å². The zero-order valence-electron chi connectivity index (χ0n) is 15.1. The van der Waals surface area contributed by atoms with Crippen LogP contribution in [0.15, 0.2) is 35.1 Å². The molecule has 1 amide bonds. The number of H-pyrrole nitrogens is 1. The van der Waals surface area contributed by atoms with Crippen LogP contribution in [0.3, 0.4) is 0 Å². The molecule has 9 nitrogen and oxygen atoms in total. The number of anilines is 1. The second-order valence-corrected chi connectivity index (χ2v) is 6.73. The van der Waals surface area contributed by atoms with Gasteiger partial charge in [0.15, 0.2) is 0 Å². The van der Waals surface area contributed by atoms with Crippen LogP contribution in [0.25, 0.3) is 11.0 Å². The van der Waals surface area contributed by atoms with Gasteiger partial charge in [-0.05, 0) is 43.5 Å². The van der Waals surface area contributed by atoms with Crippen LogP contribution in [0, 0.1) is 0 Å². The molecule has 1 aliphatic heterocycles. The van der Waals surface area contributed by atoms with Crippen molar-refractivity contribution in [2.75, 3.05) is 18.0 Å². The minimum atomic E-state index is -0.140. The van der Waals surface area contributed by atoms with Crippen LogP contribution < -0.4 is 15.8 Å². The van der Waals surface area contributed by atoms with Gasteiger partial charge < -0.3 is 10.2 Å². The standard InChI is InChI=1S/C18H21N7O2/c1-24-17(26)8-7-16(22-24)25-9-3-2-4-13(25)11-19-18(27)12-5-6-14-15(10-12)21-23-20-14/h5-8,10,13H,2-4,9,11H2,1H3,(H,19,27)(H,20,21,23). The predicted octanol–water partition coefficient (Wildman–Crippen LogP) is 0.840. The number of nitrogens with one attached hydrogen (secondary N) is 2. The maximum absolute atomic E-state index is 12.5. The van der Waals surface area contributed by atoms with Crippen LogP contribution in [-0.4, -0.2) is 50.2 Å². The van der Waals surface area contributed by atoms with Crippen molar-refractivity contribution >= 4 is 22.8 Å². The average Bonchev–Trinajstić information content (AvgIpc) is 3.16. The lowest BCUT2D eigenvalue weighted by Gasteiger charge is -2.36. The van der Waals surface area contributed by atoms with Crippen molar-refractivity contribution in [3.63, 3.8) is 0 Å². The molecule has 3 aromatic rings. The van der Waals surface area contributed by atoms with Crippen LogP contribution in [0.1, 0.15) is 29.6 Å². The van der Waals surface area contributed by atoms with E-state index in [9.17, 15) is 9.59 Å². The lowest BCUT2D eigenvalue weighted by atomic mass is 10.0. The molecule has 0 aliphatic carbocycles. The van der Waals surface area contributed by atoms with E-state index in [1.165, 1.54) is 10.7 Å². The lowest BCUT2D eigenvalue weighted by Crippen LogP contribution is -2.47. The van der Waals surface area contributed by atoms with E-state index in [-0.39, 0.29) is 17.5 Å². The van der Waals surface area contributed by atoms with Crippen molar-refractivity contribution in [1.82, 2.24) is 30.5 Å². The van der Waals surface area contributed by atoms with Crippen molar-refractivity contribution in [2.45, 2.75) is 25.3 Å². The molecule has 1 aromatic carbocycles. The summed E-state index contributed by atoms with van der Waals surface area (Å²) in [5.74, 6) is 0.624. The van der Waals surface area contributed by atoms with Gasteiger partial charge >= 0.3 is 0 Å². The van der Waals surface area contributed by atoms with Gasteiger partial charge in [-0.15, -0.1) is 0 Å². The molecule has 0 radical (unpaired) electrons. The minimum Gasteiger partial charge on any atom is -0.350 e. The Morgan fingerprint density at radius 1 is 1.22 bits per heavy atom. The molecule has 1 unspecified atom stereocenters. The number of rotatable bonds is 4. The summed E-state index contributed by atoms with van der Waals surface area (Å²) in [6, 6.07) is 8.66. The molecule has 0 spiro atoms. The van der Waals surface area contributed by atoms with Gasteiger partial charge in [0.2, 0.25) is 0 Å². The maximum atomic E-state index is 12.5. The average molecular weight is 367 g/mol. The third kappa shape index (κ3) is 3.53. The number of aromatic nitrogens is 5. The van der Waals surface area contributed by atoms with E-state index in [4.69, 9.17) is 0 Å². The number of aromatic amines is 1. The Morgan fingerprint density at radius 3 is 2.93 bits per heavy atom. The summed E-state index contributed by atoms with van der Waals surface area (Å²) in [5.41, 5.74) is 1.81. The first kappa shape index (κ1) is 17.2. The van der Waals surface area contributed by atoms with E-state index >= 15 is 0 Å². The predicted molar refractivity (Wildman–Crippen MR) is 101 cm³/mol. The fourth-order valence-electron chi connectivity index (χ4n) is 3.45. The Kier molecular flexibility index (Phi) is 4.57. The summed E-state index contributed by atoms with van der Waals surface area (Å²) < 4.78 is 1.34. The molecule has 0 saturated carbocycles. The van der Waals surface area contributed by atoms with E-state index in [0.717, 1.165) is 37.1 Å². The quantitative estimate of drug-likeness (QED) is 0.707. The number of aryl methyl sites for hydroxylation is 1. The number of carbonyl (C=O) groups is 1. The van der Waals surface area contributed by atoms with E-state index in [1.54, 1.807) is 31.3 Å². The van der Waals surface area contributed by atoms with Crippen LogP contribution in [0.5, 0.6) is 0 Å². The molecule has 1 aliphatic rings. The van der Waals surface area contributed by atoms with E-state index in [2.05, 4.69) is 30.7 Å². The second kappa shape index (κ2) is 7.18. The van der Waals surface area contributed by atoms with Gasteiger partial charge in [-0.2, -0.15) is 20.5 Å². The number of carbonyl (C=O) groups excluding carboxylic acids is 1. The highest BCUT2D eigenvalue weighted by Gasteiger charge is 2.24. The minimum absolute atomic E-state index is 0.135. The van der Waals surface area contributed by atoms with Crippen LogP contribution in [0.4, 0.5) is 5.82 Å². The number of nitrogens with zero attached hydrogens (tertiary/aromatic N) is 5. The molecule has 140 valence electrons. The summed E-state index contributed by atoms with van der Waals surface area (Å²) in [7, 11) is 1.65. The van der Waals surface area contributed by atoms with Crippen LogP contribution in [0.2, 0.25) is 0 Å². The zero-order valence-corrected chi connectivity index (χ0v) is 15.1. The highest BCUT2D eigenvalue weighted by Crippen LogP contribution is 2.22. The first-order valence-corrected chi connectivity index (χ1v) is 9.01. The number of benzene rings is 1. The van der Waals surface area contributed by atoms with Crippen molar-refractivity contribution in [3.05, 3.63) is 46.2 Å². The first-order chi connectivity index (χ1) is 13.1. The third-order valence-corrected chi connectivity index (χ3v) is 4.94. The molecule has 2 N–H and O–H groups in total. The normalized spacial score (nSPS) is 17.2. The third-order valence-electron chi connectivity index (χ3n) is 4.94. The van der Waals surface area contributed by atoms with Crippen molar-refractivity contribution < 1.29 is 4.79 Å². The Hall–Kier alpha value is -3.23. The number of fused-ring (bicyclic) bond motifs is 1. The molecule has 1 saturated heterocycles. The highest BCUT2D eigenvalue weighted by molar-refractivity contribution is 5.97. The SMILES string of the molecule is Cn1nc(N2CCCCC2CNC(=O)c2ccc3n[nH]nc3c2)ccc1=O. The highest BCUT2D eigenvalue weighted by atomic mass is 16.1. The zero-order chi connectivity index (χ0) is 18.8. The molecule has 0 bridgehead atoms. The maximum Gasteiger partial charge on any atom is 0.266 e. The molecule has 2 aromatic heterocycles. The van der Waals surface area contributed by atoms with Gasteiger partial charge in [-0.25, -0.2) is 4.68 Å². The number of hydrogen-bond acceptors (Lipinski definition) is 6. The second-order valence-electron chi connectivity index (χ2n) is 6.73. The number of hydrogen-bond donors (Lipinski definition) is 2. The van der Waals surface area contributed by atoms with Gasteiger partial charge in [-0.3, -0.25) is 9.59 Å². The summed E-state index contributed by atoms with van der Waals surface area (Å²) in [4.78, 5) is 26.3. The fourth-order valence-corrected chi connectivity index (χ4v) is 3.45. The van der Waals surface area contributed by atoms with Gasteiger partial charge in [0.1, 0.15) is 16.9 Å². The van der Waals surface area contributed by atoms with E-state index in [0.29, 0.717) is 17.6 Å². The fraction of sp³-hybridized carbons (Fsp3) is 0.389. The molecular formula is C18H21N7O2. The van der Waals surface area contributed by atoms with Crippen LogP contribution in [-0.2, 0) is 7.05 Å². The van der Waals surface area contributed by atoms with Crippen molar-refractivity contribution in [1.29, 1.82) is 0 Å². The Morgan fingerprint density at radius 2 is 2.07 bits per heavy atom. The number of piperidine rings is 1. The number of amides is 1. The summed E-state index contributed by atoms with van der Waals surface area (Å²) in [5, 5.41) is 17.9. The molecule has 3 heterocycles. The Bertz CT molecular complexity index is 1030. The summed E-state index contributed by atoms with van der Waals surface area (Å²) in [6.07, 6.45) is 3.14. The largest absolute Gasteiger partial charge is 0.350 e. The Labute approximate surface area is 155 Å². The lowest BCUT2D eigenvalue weighted by molar-refractivity contribution is 0.0949. The van der Waals surface area contributed by atoms with Gasteiger partial charge in [-0.1, -0.05) is 0 Å². The topological polar surface area (TPSA) is 109 Å².